The molecule has 3 amide bonds. The molecule has 9 heteroatoms. The number of rotatable bonds is 9. The first-order valence-corrected chi connectivity index (χ1v) is 12.9. The van der Waals surface area contributed by atoms with Crippen molar-refractivity contribution in [2.45, 2.75) is 24.8 Å². The van der Waals surface area contributed by atoms with Crippen molar-refractivity contribution >= 4 is 29.1 Å². The van der Waals surface area contributed by atoms with Crippen LogP contribution in [0.1, 0.15) is 24.0 Å². The summed E-state index contributed by atoms with van der Waals surface area (Å²) < 4.78 is 5.39. The Morgan fingerprint density at radius 2 is 1.91 bits per heavy atom. The normalized spacial score (nSPS) is 21.3. The number of likely N-dealkylation sites (tertiary alicyclic amines) is 1. The quantitative estimate of drug-likeness (QED) is 0.493. The predicted molar refractivity (Wildman–Crippen MR) is 135 cm³/mol. The number of nitrogens with zero attached hydrogens (tertiary/aromatic N) is 4. The molecular formula is C26H34N4O4S. The average molecular weight is 499 g/mol. The number of likely N-dealkylation sites (N-methyl/N-ethyl adjacent to an activating group) is 1. The van der Waals surface area contributed by atoms with Crippen LogP contribution in [0.15, 0.2) is 41.1 Å². The van der Waals surface area contributed by atoms with Gasteiger partial charge in [0, 0.05) is 58.7 Å². The summed E-state index contributed by atoms with van der Waals surface area (Å²) in [4.78, 5) is 47.8. The van der Waals surface area contributed by atoms with Crippen LogP contribution in [0.5, 0.6) is 5.75 Å². The summed E-state index contributed by atoms with van der Waals surface area (Å²) in [6, 6.07) is 9.35. The minimum absolute atomic E-state index is 0.00368. The highest BCUT2D eigenvalue weighted by Crippen LogP contribution is 2.41. The molecular weight excluding hydrogens is 464 g/mol. The molecule has 3 heterocycles. The Balaban J connectivity index is 1.52. The zero-order valence-electron chi connectivity index (χ0n) is 20.7. The van der Waals surface area contributed by atoms with Gasteiger partial charge < -0.3 is 14.5 Å². The number of piperazine rings is 1. The zero-order valence-corrected chi connectivity index (χ0v) is 21.6. The number of hydrogen-bond donors (Lipinski definition) is 0. The lowest BCUT2D eigenvalue weighted by molar-refractivity contribution is -0.143. The van der Waals surface area contributed by atoms with E-state index in [1.807, 2.05) is 36.0 Å². The van der Waals surface area contributed by atoms with Crippen LogP contribution in [-0.2, 0) is 26.3 Å². The van der Waals surface area contributed by atoms with Gasteiger partial charge in [0.1, 0.15) is 5.75 Å². The monoisotopic (exact) mass is 498 g/mol. The second-order valence-corrected chi connectivity index (χ2v) is 10.4. The van der Waals surface area contributed by atoms with Gasteiger partial charge in [-0.15, -0.1) is 0 Å². The maximum atomic E-state index is 13.8. The van der Waals surface area contributed by atoms with Gasteiger partial charge in [0.2, 0.25) is 17.7 Å². The molecule has 2 aliphatic heterocycles. The van der Waals surface area contributed by atoms with E-state index in [0.717, 1.165) is 19.6 Å². The summed E-state index contributed by atoms with van der Waals surface area (Å²) >= 11 is 1.69. The Hall–Kier alpha value is -2.75. The van der Waals surface area contributed by atoms with Crippen molar-refractivity contribution in [3.63, 3.8) is 0 Å². The highest BCUT2D eigenvalue weighted by atomic mass is 32.1. The number of imide groups is 1. The number of amides is 3. The van der Waals surface area contributed by atoms with Crippen LogP contribution in [0.3, 0.4) is 0 Å². The number of thiophene rings is 1. The molecule has 35 heavy (non-hydrogen) atoms. The molecule has 0 aliphatic carbocycles. The molecule has 0 bridgehead atoms. The molecule has 1 aromatic carbocycles. The minimum Gasteiger partial charge on any atom is -0.497 e. The van der Waals surface area contributed by atoms with Crippen molar-refractivity contribution in [2.24, 2.45) is 0 Å². The molecule has 2 fully saturated rings. The van der Waals surface area contributed by atoms with E-state index in [1.54, 1.807) is 30.6 Å². The fraction of sp³-hybridized carbons (Fsp3) is 0.500. The summed E-state index contributed by atoms with van der Waals surface area (Å²) in [6.45, 7) is 4.57. The average Bonchev–Trinajstić information content (AvgIpc) is 3.44. The fourth-order valence-corrected chi connectivity index (χ4v) is 5.54. The van der Waals surface area contributed by atoms with Gasteiger partial charge in [-0.2, -0.15) is 11.3 Å². The standard InChI is InChI=1S/C26H34N4O4S/c1-27(2)8-13-30-24(32)17-26(25(30)33,21-5-4-6-22(15-21)34-3)16-23(31)29-11-9-28(10-12-29)18-20-7-14-35-19-20/h4-7,14-15,19H,8-13,16-18H2,1-3H3/t26-/m0/s1. The molecule has 8 nitrogen and oxygen atoms in total. The second kappa shape index (κ2) is 10.9. The largest absolute Gasteiger partial charge is 0.497 e. The van der Waals surface area contributed by atoms with Gasteiger partial charge in [-0.05, 0) is 54.2 Å². The lowest BCUT2D eigenvalue weighted by Gasteiger charge is -2.36. The van der Waals surface area contributed by atoms with Crippen LogP contribution >= 0.6 is 11.3 Å². The third kappa shape index (κ3) is 5.58. The SMILES string of the molecule is COc1cccc([C@]2(CC(=O)N3CCN(Cc4ccsc4)CC3)CC(=O)N(CCN(C)C)C2=O)c1. The number of ether oxygens (including phenoxy) is 1. The lowest BCUT2D eigenvalue weighted by atomic mass is 9.75. The van der Waals surface area contributed by atoms with E-state index in [1.165, 1.54) is 10.5 Å². The van der Waals surface area contributed by atoms with Gasteiger partial charge in [0.15, 0.2) is 0 Å². The van der Waals surface area contributed by atoms with Crippen LogP contribution in [0.2, 0.25) is 0 Å². The molecule has 0 radical (unpaired) electrons. The molecule has 0 unspecified atom stereocenters. The van der Waals surface area contributed by atoms with Gasteiger partial charge in [0.05, 0.1) is 12.5 Å². The van der Waals surface area contributed by atoms with Gasteiger partial charge in [-0.3, -0.25) is 24.2 Å². The van der Waals surface area contributed by atoms with Gasteiger partial charge in [0.25, 0.3) is 0 Å². The molecule has 188 valence electrons. The van der Waals surface area contributed by atoms with Crippen LogP contribution in [-0.4, -0.2) is 97.8 Å². The molecule has 0 spiro atoms. The molecule has 2 aliphatic rings. The highest BCUT2D eigenvalue weighted by Gasteiger charge is 2.54. The van der Waals surface area contributed by atoms with Crippen LogP contribution in [0.4, 0.5) is 0 Å². The van der Waals surface area contributed by atoms with E-state index in [-0.39, 0.29) is 30.6 Å². The zero-order chi connectivity index (χ0) is 25.0. The Labute approximate surface area is 211 Å². The summed E-state index contributed by atoms with van der Waals surface area (Å²) in [6.07, 6.45) is -0.0238. The Morgan fingerprint density at radius 3 is 2.57 bits per heavy atom. The van der Waals surface area contributed by atoms with Gasteiger partial charge in [-0.1, -0.05) is 12.1 Å². The molecule has 2 saturated heterocycles. The van der Waals surface area contributed by atoms with E-state index in [9.17, 15) is 14.4 Å². The first-order valence-electron chi connectivity index (χ1n) is 12.0. The molecule has 1 aromatic heterocycles. The highest BCUT2D eigenvalue weighted by molar-refractivity contribution is 7.07. The lowest BCUT2D eigenvalue weighted by Crippen LogP contribution is -2.50. The van der Waals surface area contributed by atoms with E-state index in [2.05, 4.69) is 21.7 Å². The van der Waals surface area contributed by atoms with E-state index >= 15 is 0 Å². The number of carbonyl (C=O) groups is 3. The van der Waals surface area contributed by atoms with Crippen molar-refractivity contribution < 1.29 is 19.1 Å². The minimum atomic E-state index is -1.21. The summed E-state index contributed by atoms with van der Waals surface area (Å²) in [5.74, 6) is -0.00271. The Morgan fingerprint density at radius 1 is 1.14 bits per heavy atom. The number of methoxy groups -OCH3 is 1. The number of carbonyl (C=O) groups excluding carboxylic acids is 3. The van der Waals surface area contributed by atoms with Crippen LogP contribution in [0, 0.1) is 0 Å². The van der Waals surface area contributed by atoms with Crippen molar-refractivity contribution in [2.75, 3.05) is 60.5 Å². The Bertz CT molecular complexity index is 1050. The fourth-order valence-electron chi connectivity index (χ4n) is 4.88. The van der Waals surface area contributed by atoms with E-state index < -0.39 is 5.41 Å². The van der Waals surface area contributed by atoms with Crippen LogP contribution in [0.25, 0.3) is 0 Å². The first kappa shape index (κ1) is 25.3. The van der Waals surface area contributed by atoms with Gasteiger partial charge in [-0.25, -0.2) is 0 Å². The molecule has 4 rings (SSSR count). The topological polar surface area (TPSA) is 73.4 Å². The molecule has 1 atom stereocenters. The second-order valence-electron chi connectivity index (χ2n) is 9.61. The predicted octanol–water partition coefficient (Wildman–Crippen LogP) is 2.05. The summed E-state index contributed by atoms with van der Waals surface area (Å²) in [5, 5.41) is 4.23. The first-order chi connectivity index (χ1) is 16.8. The number of benzene rings is 1. The van der Waals surface area contributed by atoms with Crippen molar-refractivity contribution in [3.05, 3.63) is 52.2 Å². The smallest absolute Gasteiger partial charge is 0.240 e. The van der Waals surface area contributed by atoms with E-state index in [4.69, 9.17) is 4.74 Å². The third-order valence-electron chi connectivity index (χ3n) is 6.97. The summed E-state index contributed by atoms with van der Waals surface area (Å²) in [7, 11) is 5.38. The maximum absolute atomic E-state index is 13.8. The Kier molecular flexibility index (Phi) is 7.88. The molecule has 2 aromatic rings. The van der Waals surface area contributed by atoms with E-state index in [0.29, 0.717) is 37.5 Å². The van der Waals surface area contributed by atoms with Crippen molar-refractivity contribution in [3.8, 4) is 5.75 Å². The van der Waals surface area contributed by atoms with Crippen LogP contribution < -0.4 is 4.74 Å². The molecule has 0 N–H and O–H groups in total. The van der Waals surface area contributed by atoms with Crippen molar-refractivity contribution in [1.82, 2.24) is 19.6 Å². The summed E-state index contributed by atoms with van der Waals surface area (Å²) in [5.41, 5.74) is 0.745. The van der Waals surface area contributed by atoms with Crippen molar-refractivity contribution in [1.29, 1.82) is 0 Å². The number of hydrogen-bond acceptors (Lipinski definition) is 7. The van der Waals surface area contributed by atoms with Gasteiger partial charge >= 0.3 is 0 Å². The molecule has 0 saturated carbocycles. The maximum Gasteiger partial charge on any atom is 0.240 e. The third-order valence-corrected chi connectivity index (χ3v) is 7.70.